The molecule has 0 radical (unpaired) electrons. The summed E-state index contributed by atoms with van der Waals surface area (Å²) >= 11 is 0. The molecule has 1 aliphatic heterocycles. The van der Waals surface area contributed by atoms with E-state index in [0.717, 1.165) is 5.56 Å². The highest BCUT2D eigenvalue weighted by molar-refractivity contribution is 6.06. The van der Waals surface area contributed by atoms with Crippen LogP contribution in [-0.4, -0.2) is 23.3 Å². The largest absolute Gasteiger partial charge is 0.324 e. The Bertz CT molecular complexity index is 575. The number of nitrogens with one attached hydrogen (secondary N) is 2. The maximum Gasteiger partial charge on any atom is 0.324 e. The van der Waals surface area contributed by atoms with Gasteiger partial charge in [0.1, 0.15) is 11.9 Å². The van der Waals surface area contributed by atoms with Crippen molar-refractivity contribution in [2.24, 2.45) is 0 Å². The lowest BCUT2D eigenvalue weighted by Gasteiger charge is -2.23. The normalized spacial score (nSPS) is 18.9. The summed E-state index contributed by atoms with van der Waals surface area (Å²) < 4.78 is 0. The van der Waals surface area contributed by atoms with E-state index in [1.807, 2.05) is 24.3 Å². The van der Waals surface area contributed by atoms with Gasteiger partial charge in [0.05, 0.1) is 6.54 Å². The number of urea groups is 1. The first-order chi connectivity index (χ1) is 9.34. The van der Waals surface area contributed by atoms with Crippen molar-refractivity contribution in [3.63, 3.8) is 0 Å². The van der Waals surface area contributed by atoms with Crippen molar-refractivity contribution in [2.75, 3.05) is 6.54 Å². The van der Waals surface area contributed by atoms with E-state index in [1.54, 1.807) is 0 Å². The van der Waals surface area contributed by atoms with Crippen molar-refractivity contribution < 1.29 is 4.79 Å². The molecule has 4 nitrogen and oxygen atoms in total. The van der Waals surface area contributed by atoms with Crippen LogP contribution in [0.1, 0.15) is 37.9 Å². The summed E-state index contributed by atoms with van der Waals surface area (Å²) in [4.78, 5) is 13.3. The molecular weight excluding hydrogens is 250 g/mol. The highest BCUT2D eigenvalue weighted by atomic mass is 16.2. The lowest BCUT2D eigenvalue weighted by molar-refractivity contribution is 0.212. The number of terminal acetylenes is 1. The summed E-state index contributed by atoms with van der Waals surface area (Å²) in [5, 5.41) is 10.4. The van der Waals surface area contributed by atoms with Gasteiger partial charge in [-0.05, 0) is 16.5 Å². The minimum absolute atomic E-state index is 0.0777. The number of hydrogen-bond donors (Lipinski definition) is 2. The van der Waals surface area contributed by atoms with Crippen molar-refractivity contribution in [3.05, 3.63) is 35.4 Å². The molecule has 4 heteroatoms. The fourth-order valence-electron chi connectivity index (χ4n) is 2.30. The van der Waals surface area contributed by atoms with Crippen molar-refractivity contribution in [3.8, 4) is 12.3 Å². The zero-order valence-corrected chi connectivity index (χ0v) is 12.0. The van der Waals surface area contributed by atoms with Crippen LogP contribution in [0.5, 0.6) is 0 Å². The third kappa shape index (κ3) is 2.53. The van der Waals surface area contributed by atoms with Crippen LogP contribution in [0.2, 0.25) is 0 Å². The Balaban J connectivity index is 2.33. The molecule has 1 heterocycles. The van der Waals surface area contributed by atoms with Crippen LogP contribution in [0.4, 0.5) is 4.79 Å². The maximum atomic E-state index is 11.8. The fraction of sp³-hybridized carbons (Fsp3) is 0.375. The second kappa shape index (κ2) is 5.01. The molecule has 2 amide bonds. The van der Waals surface area contributed by atoms with Gasteiger partial charge in [-0.3, -0.25) is 15.6 Å². The second-order valence-corrected chi connectivity index (χ2v) is 5.95. The lowest BCUT2D eigenvalue weighted by atomic mass is 9.86. The SMILES string of the molecule is C#CCN1C(=O)NC(=N)C1c1ccc(C(C)(C)C)cc1. The lowest BCUT2D eigenvalue weighted by Crippen LogP contribution is -2.30. The summed E-state index contributed by atoms with van der Waals surface area (Å²) in [7, 11) is 0. The fourth-order valence-corrected chi connectivity index (χ4v) is 2.30. The van der Waals surface area contributed by atoms with E-state index in [9.17, 15) is 4.79 Å². The molecule has 104 valence electrons. The van der Waals surface area contributed by atoms with Gasteiger partial charge in [0.2, 0.25) is 0 Å². The van der Waals surface area contributed by atoms with Crippen LogP contribution in [0.3, 0.4) is 0 Å². The number of benzene rings is 1. The zero-order chi connectivity index (χ0) is 14.9. The quantitative estimate of drug-likeness (QED) is 0.797. The average molecular weight is 269 g/mol. The van der Waals surface area contributed by atoms with Gasteiger partial charge in [0, 0.05) is 0 Å². The smallest absolute Gasteiger partial charge is 0.299 e. The number of rotatable bonds is 2. The molecule has 0 saturated carbocycles. The Morgan fingerprint density at radius 2 is 1.95 bits per heavy atom. The van der Waals surface area contributed by atoms with Gasteiger partial charge in [-0.15, -0.1) is 6.42 Å². The number of carbonyl (C=O) groups excluding carboxylic acids is 1. The molecule has 0 bridgehead atoms. The zero-order valence-electron chi connectivity index (χ0n) is 12.0. The summed E-state index contributed by atoms with van der Waals surface area (Å²) in [6, 6.07) is 7.29. The second-order valence-electron chi connectivity index (χ2n) is 5.95. The third-order valence-electron chi connectivity index (χ3n) is 3.44. The molecule has 20 heavy (non-hydrogen) atoms. The summed E-state index contributed by atoms with van der Waals surface area (Å²) in [6.45, 7) is 6.64. The van der Waals surface area contributed by atoms with Crippen LogP contribution in [0.15, 0.2) is 24.3 Å². The van der Waals surface area contributed by atoms with Crippen LogP contribution in [0.25, 0.3) is 0 Å². The summed E-state index contributed by atoms with van der Waals surface area (Å²) in [5.41, 5.74) is 2.19. The molecule has 0 spiro atoms. The maximum absolute atomic E-state index is 11.8. The monoisotopic (exact) mass is 269 g/mol. The predicted molar refractivity (Wildman–Crippen MR) is 79.7 cm³/mol. The first-order valence-corrected chi connectivity index (χ1v) is 6.54. The molecule has 2 N–H and O–H groups in total. The van der Waals surface area contributed by atoms with Gasteiger partial charge in [-0.1, -0.05) is 51.0 Å². The van der Waals surface area contributed by atoms with Gasteiger partial charge in [0.15, 0.2) is 0 Å². The van der Waals surface area contributed by atoms with Crippen LogP contribution >= 0.6 is 0 Å². The van der Waals surface area contributed by atoms with Crippen LogP contribution in [0, 0.1) is 17.8 Å². The molecule has 1 fully saturated rings. The third-order valence-corrected chi connectivity index (χ3v) is 3.44. The van der Waals surface area contributed by atoms with E-state index in [0.29, 0.717) is 0 Å². The van der Waals surface area contributed by atoms with E-state index >= 15 is 0 Å². The highest BCUT2D eigenvalue weighted by Gasteiger charge is 2.36. The van der Waals surface area contributed by atoms with Crippen LogP contribution in [-0.2, 0) is 5.41 Å². The first-order valence-electron chi connectivity index (χ1n) is 6.54. The summed E-state index contributed by atoms with van der Waals surface area (Å²) in [6.07, 6.45) is 5.30. The minimum Gasteiger partial charge on any atom is -0.299 e. The first kappa shape index (κ1) is 14.1. The van der Waals surface area contributed by atoms with Gasteiger partial charge in [-0.25, -0.2) is 4.79 Å². The van der Waals surface area contributed by atoms with Crippen molar-refractivity contribution >= 4 is 11.9 Å². The molecule has 0 aromatic heterocycles. The molecule has 1 unspecified atom stereocenters. The van der Waals surface area contributed by atoms with Crippen molar-refractivity contribution in [2.45, 2.75) is 32.2 Å². The number of amidine groups is 1. The van der Waals surface area contributed by atoms with Crippen molar-refractivity contribution in [1.29, 1.82) is 5.41 Å². The van der Waals surface area contributed by atoms with Crippen LogP contribution < -0.4 is 5.32 Å². The van der Waals surface area contributed by atoms with E-state index in [-0.39, 0.29) is 23.8 Å². The Labute approximate surface area is 119 Å². The van der Waals surface area contributed by atoms with E-state index < -0.39 is 6.04 Å². The number of hydrogen-bond acceptors (Lipinski definition) is 2. The van der Waals surface area contributed by atoms with E-state index in [4.69, 9.17) is 11.8 Å². The molecule has 1 aromatic rings. The Morgan fingerprint density at radius 1 is 1.35 bits per heavy atom. The Hall–Kier alpha value is -2.28. The van der Waals surface area contributed by atoms with E-state index in [1.165, 1.54) is 10.5 Å². The molecule has 1 atom stereocenters. The van der Waals surface area contributed by atoms with Gasteiger partial charge in [-0.2, -0.15) is 0 Å². The van der Waals surface area contributed by atoms with Gasteiger partial charge >= 0.3 is 6.03 Å². The summed E-state index contributed by atoms with van der Waals surface area (Å²) in [5.74, 6) is 2.64. The van der Waals surface area contributed by atoms with Gasteiger partial charge < -0.3 is 0 Å². The Kier molecular flexibility index (Phi) is 3.54. The molecule has 0 aliphatic carbocycles. The topological polar surface area (TPSA) is 56.2 Å². The number of amides is 2. The standard InChI is InChI=1S/C16H19N3O/c1-5-10-19-13(14(17)18-15(19)20)11-6-8-12(9-7-11)16(2,3)4/h1,6-9,13H,10H2,2-4H3,(H2,17,18,20). The molecule has 1 aliphatic rings. The number of carbonyl (C=O) groups is 1. The highest BCUT2D eigenvalue weighted by Crippen LogP contribution is 2.28. The van der Waals surface area contributed by atoms with Gasteiger partial charge in [0.25, 0.3) is 0 Å². The average Bonchev–Trinajstić information content (AvgIpc) is 2.64. The molecule has 1 saturated heterocycles. The predicted octanol–water partition coefficient (Wildman–Crippen LogP) is 2.66. The Morgan fingerprint density at radius 3 is 2.45 bits per heavy atom. The van der Waals surface area contributed by atoms with Crippen molar-refractivity contribution in [1.82, 2.24) is 10.2 Å². The number of nitrogens with zero attached hydrogens (tertiary/aromatic N) is 1. The molecule has 2 rings (SSSR count). The van der Waals surface area contributed by atoms with E-state index in [2.05, 4.69) is 32.0 Å². The molecule has 1 aromatic carbocycles. The molecular formula is C16H19N3O. The minimum atomic E-state index is -0.410.